The number of rotatable bonds is 2. The van der Waals surface area contributed by atoms with Crippen molar-refractivity contribution >= 4 is 33.0 Å². The van der Waals surface area contributed by atoms with Crippen molar-refractivity contribution in [3.63, 3.8) is 0 Å². The lowest BCUT2D eigenvalue weighted by molar-refractivity contribution is -0.119. The molecule has 0 aliphatic carbocycles. The zero-order valence-electron chi connectivity index (χ0n) is 9.32. The molecular weight excluding hydrogens is 281 g/mol. The molecule has 1 aromatic carbocycles. The maximum Gasteiger partial charge on any atom is 0.228 e. The van der Waals surface area contributed by atoms with Gasteiger partial charge in [0.1, 0.15) is 5.82 Å². The Hall–Kier alpha value is -1.14. The summed E-state index contributed by atoms with van der Waals surface area (Å²) in [6.45, 7) is 0. The van der Waals surface area contributed by atoms with Gasteiger partial charge in [-0.15, -0.1) is 0 Å². The van der Waals surface area contributed by atoms with Crippen LogP contribution >= 0.6 is 11.6 Å². The zero-order chi connectivity index (χ0) is 13.3. The van der Waals surface area contributed by atoms with Gasteiger partial charge in [-0.3, -0.25) is 4.79 Å². The van der Waals surface area contributed by atoms with Gasteiger partial charge in [-0.25, -0.2) is 12.8 Å². The van der Waals surface area contributed by atoms with Gasteiger partial charge in [-0.1, -0.05) is 11.6 Å². The van der Waals surface area contributed by atoms with E-state index < -0.39 is 27.5 Å². The minimum absolute atomic E-state index is 0.00309. The first-order valence-corrected chi connectivity index (χ1v) is 7.54. The number of hydrogen-bond donors (Lipinski definition) is 1. The number of carbonyl (C=O) groups excluding carboxylic acids is 1. The molecule has 1 fully saturated rings. The summed E-state index contributed by atoms with van der Waals surface area (Å²) in [5.41, 5.74) is -0.0307. The van der Waals surface area contributed by atoms with Crippen molar-refractivity contribution in [1.82, 2.24) is 0 Å². The Morgan fingerprint density at radius 2 is 2.17 bits per heavy atom. The van der Waals surface area contributed by atoms with Gasteiger partial charge < -0.3 is 5.32 Å². The van der Waals surface area contributed by atoms with Crippen LogP contribution in [0.15, 0.2) is 18.2 Å². The van der Waals surface area contributed by atoms with Crippen LogP contribution in [0.1, 0.15) is 6.42 Å². The van der Waals surface area contributed by atoms with Gasteiger partial charge in [-0.05, 0) is 24.6 Å². The predicted octanol–water partition coefficient (Wildman–Crippen LogP) is 1.85. The molecule has 0 spiro atoms. The quantitative estimate of drug-likeness (QED) is 0.904. The molecule has 1 aromatic rings. The first kappa shape index (κ1) is 13.3. The number of sulfone groups is 1. The second kappa shape index (κ2) is 4.85. The van der Waals surface area contributed by atoms with Crippen LogP contribution in [0.5, 0.6) is 0 Å². The average Bonchev–Trinajstić information content (AvgIpc) is 2.64. The number of anilines is 1. The monoisotopic (exact) mass is 291 g/mol. The van der Waals surface area contributed by atoms with E-state index >= 15 is 0 Å². The van der Waals surface area contributed by atoms with Crippen molar-refractivity contribution < 1.29 is 17.6 Å². The number of halogens is 2. The molecule has 7 heteroatoms. The Bertz CT molecular complexity index is 588. The fourth-order valence-corrected chi connectivity index (χ4v) is 3.74. The summed E-state index contributed by atoms with van der Waals surface area (Å²) in [6, 6.07) is 3.80. The Labute approximate surface area is 109 Å². The molecule has 18 heavy (non-hydrogen) atoms. The van der Waals surface area contributed by atoms with Crippen LogP contribution in [0, 0.1) is 11.7 Å². The van der Waals surface area contributed by atoms with Crippen LogP contribution in [0.2, 0.25) is 5.02 Å². The van der Waals surface area contributed by atoms with Crippen molar-refractivity contribution in [3.8, 4) is 0 Å². The van der Waals surface area contributed by atoms with E-state index in [-0.39, 0.29) is 23.6 Å². The van der Waals surface area contributed by atoms with Crippen molar-refractivity contribution in [1.29, 1.82) is 0 Å². The van der Waals surface area contributed by atoms with Crippen LogP contribution in [-0.4, -0.2) is 25.8 Å². The fraction of sp³-hybridized carbons (Fsp3) is 0.364. The summed E-state index contributed by atoms with van der Waals surface area (Å²) in [5, 5.41) is 2.66. The SMILES string of the molecule is O=C(Nc1cc(Cl)ccc1F)C1CCS(=O)(=O)C1. The van der Waals surface area contributed by atoms with E-state index in [0.29, 0.717) is 5.02 Å². The molecule has 4 nitrogen and oxygen atoms in total. The second-order valence-electron chi connectivity index (χ2n) is 4.21. The molecule has 1 N–H and O–H groups in total. The van der Waals surface area contributed by atoms with Crippen molar-refractivity contribution in [3.05, 3.63) is 29.0 Å². The smallest absolute Gasteiger partial charge is 0.228 e. The molecule has 0 aromatic heterocycles. The van der Waals surface area contributed by atoms with Crippen molar-refractivity contribution in [2.45, 2.75) is 6.42 Å². The van der Waals surface area contributed by atoms with E-state index in [1.165, 1.54) is 12.1 Å². The van der Waals surface area contributed by atoms with Gasteiger partial charge in [0.2, 0.25) is 5.91 Å². The molecule has 1 atom stereocenters. The Morgan fingerprint density at radius 3 is 2.78 bits per heavy atom. The minimum atomic E-state index is -3.13. The molecule has 1 heterocycles. The lowest BCUT2D eigenvalue weighted by Gasteiger charge is -2.10. The number of nitrogens with one attached hydrogen (secondary N) is 1. The predicted molar refractivity (Wildman–Crippen MR) is 66.8 cm³/mol. The number of carbonyl (C=O) groups is 1. The first-order chi connectivity index (χ1) is 8.37. The molecule has 1 saturated heterocycles. The molecule has 0 saturated carbocycles. The molecule has 1 aliphatic rings. The van der Waals surface area contributed by atoms with Crippen LogP contribution in [0.4, 0.5) is 10.1 Å². The zero-order valence-corrected chi connectivity index (χ0v) is 10.9. The summed E-state index contributed by atoms with van der Waals surface area (Å²) < 4.78 is 35.9. The number of benzene rings is 1. The molecule has 0 bridgehead atoms. The highest BCUT2D eigenvalue weighted by Crippen LogP contribution is 2.23. The molecule has 98 valence electrons. The third-order valence-electron chi connectivity index (χ3n) is 2.79. The average molecular weight is 292 g/mol. The standard InChI is InChI=1S/C11H11ClFNO3S/c12-8-1-2-9(13)10(5-8)14-11(15)7-3-4-18(16,17)6-7/h1-2,5,7H,3-4,6H2,(H,14,15). The Balaban J connectivity index is 2.10. The first-order valence-electron chi connectivity index (χ1n) is 5.34. The minimum Gasteiger partial charge on any atom is -0.323 e. The maximum atomic E-state index is 13.4. The van der Waals surface area contributed by atoms with Gasteiger partial charge in [0.15, 0.2) is 9.84 Å². The third kappa shape index (κ3) is 3.00. The molecule has 1 unspecified atom stereocenters. The van der Waals surface area contributed by atoms with Crippen LogP contribution < -0.4 is 5.32 Å². The third-order valence-corrected chi connectivity index (χ3v) is 4.79. The molecular formula is C11H11ClFNO3S. The fourth-order valence-electron chi connectivity index (χ4n) is 1.83. The van der Waals surface area contributed by atoms with Crippen molar-refractivity contribution in [2.24, 2.45) is 5.92 Å². The largest absolute Gasteiger partial charge is 0.323 e. The van der Waals surface area contributed by atoms with Gasteiger partial charge in [-0.2, -0.15) is 0 Å². The summed E-state index contributed by atoms with van der Waals surface area (Å²) in [7, 11) is -3.13. The molecule has 2 rings (SSSR count). The van der Waals surface area contributed by atoms with Crippen molar-refractivity contribution in [2.75, 3.05) is 16.8 Å². The van der Waals surface area contributed by atoms with E-state index in [2.05, 4.69) is 5.32 Å². The summed E-state index contributed by atoms with van der Waals surface area (Å²) in [5.74, 6) is -1.89. The van der Waals surface area contributed by atoms with Crippen LogP contribution in [0.25, 0.3) is 0 Å². The molecule has 1 amide bonds. The molecule has 0 radical (unpaired) electrons. The number of hydrogen-bond acceptors (Lipinski definition) is 3. The Morgan fingerprint density at radius 1 is 1.44 bits per heavy atom. The van der Waals surface area contributed by atoms with E-state index in [0.717, 1.165) is 6.07 Å². The van der Waals surface area contributed by atoms with Gasteiger partial charge in [0, 0.05) is 5.02 Å². The number of amides is 1. The van der Waals surface area contributed by atoms with E-state index in [9.17, 15) is 17.6 Å². The summed E-state index contributed by atoms with van der Waals surface area (Å²) in [6.07, 6.45) is 0.274. The van der Waals surface area contributed by atoms with Crippen LogP contribution in [0.3, 0.4) is 0 Å². The maximum absolute atomic E-state index is 13.4. The Kier molecular flexibility index (Phi) is 3.59. The van der Waals surface area contributed by atoms with E-state index in [1.807, 2.05) is 0 Å². The molecule has 1 aliphatic heterocycles. The van der Waals surface area contributed by atoms with E-state index in [4.69, 9.17) is 11.6 Å². The lowest BCUT2D eigenvalue weighted by atomic mass is 10.1. The highest BCUT2D eigenvalue weighted by molar-refractivity contribution is 7.91. The summed E-state index contributed by atoms with van der Waals surface area (Å²) >= 11 is 5.69. The second-order valence-corrected chi connectivity index (χ2v) is 6.88. The highest BCUT2D eigenvalue weighted by atomic mass is 35.5. The van der Waals surface area contributed by atoms with E-state index in [1.54, 1.807) is 0 Å². The summed E-state index contributed by atoms with van der Waals surface area (Å²) in [4.78, 5) is 11.8. The van der Waals surface area contributed by atoms with Gasteiger partial charge in [0.25, 0.3) is 0 Å². The highest BCUT2D eigenvalue weighted by Gasteiger charge is 2.33. The van der Waals surface area contributed by atoms with Gasteiger partial charge in [0.05, 0.1) is 23.1 Å². The van der Waals surface area contributed by atoms with Gasteiger partial charge >= 0.3 is 0 Å². The van der Waals surface area contributed by atoms with Crippen LogP contribution in [-0.2, 0) is 14.6 Å². The topological polar surface area (TPSA) is 63.2 Å². The normalized spacial score (nSPS) is 21.8. The lowest BCUT2D eigenvalue weighted by Crippen LogP contribution is -2.24.